The minimum absolute atomic E-state index is 0.169. The molecule has 0 bridgehead atoms. The van der Waals surface area contributed by atoms with Gasteiger partial charge in [0.2, 0.25) is 0 Å². The maximum atomic E-state index is 13.2. The van der Waals surface area contributed by atoms with Gasteiger partial charge in [-0.05, 0) is 58.0 Å². The third-order valence-corrected chi connectivity index (χ3v) is 5.03. The maximum Gasteiger partial charge on any atom is 0.338 e. The minimum atomic E-state index is -0.667. The number of urea groups is 1. The van der Waals surface area contributed by atoms with E-state index in [0.717, 1.165) is 5.69 Å². The summed E-state index contributed by atoms with van der Waals surface area (Å²) in [6.07, 6.45) is 2.81. The predicted octanol–water partition coefficient (Wildman–Crippen LogP) is 2.70. The first kappa shape index (κ1) is 23.7. The van der Waals surface area contributed by atoms with Gasteiger partial charge in [-0.1, -0.05) is 0 Å². The zero-order valence-electron chi connectivity index (χ0n) is 18.8. The van der Waals surface area contributed by atoms with Gasteiger partial charge in [0, 0.05) is 17.3 Å². The first-order valence-corrected chi connectivity index (χ1v) is 10.4. The molecule has 3 rings (SSSR count). The Kier molecular flexibility index (Phi) is 7.27. The molecule has 0 unspecified atom stereocenters. The number of halogens is 1. The van der Waals surface area contributed by atoms with Crippen molar-refractivity contribution in [3.63, 3.8) is 0 Å². The van der Waals surface area contributed by atoms with Gasteiger partial charge in [0.05, 0.1) is 35.3 Å². The van der Waals surface area contributed by atoms with E-state index >= 15 is 0 Å². The molecule has 0 saturated heterocycles. The monoisotopic (exact) mass is 456 g/mol. The SMILES string of the molecule is CCOC(=O)C1=C(COC(=O)/C=C/c2c(C)nn(-c3ccc(F)cc3)c2C)NC(=O)N[C@@H]1C. The molecule has 33 heavy (non-hydrogen) atoms. The van der Waals surface area contributed by atoms with Gasteiger partial charge in [0.1, 0.15) is 12.4 Å². The van der Waals surface area contributed by atoms with Crippen LogP contribution in [-0.2, 0) is 19.1 Å². The van der Waals surface area contributed by atoms with Crippen LogP contribution in [0.3, 0.4) is 0 Å². The molecule has 2 aromatic rings. The lowest BCUT2D eigenvalue weighted by Crippen LogP contribution is -2.50. The third-order valence-electron chi connectivity index (χ3n) is 5.03. The van der Waals surface area contributed by atoms with Crippen molar-refractivity contribution in [1.29, 1.82) is 0 Å². The summed E-state index contributed by atoms with van der Waals surface area (Å²) in [6, 6.07) is 4.82. The molecule has 0 spiro atoms. The molecule has 2 heterocycles. The second-order valence-electron chi connectivity index (χ2n) is 7.35. The number of esters is 2. The Morgan fingerprint density at radius 1 is 1.21 bits per heavy atom. The number of benzene rings is 1. The molecule has 10 heteroatoms. The Morgan fingerprint density at radius 2 is 1.91 bits per heavy atom. The number of nitrogens with zero attached hydrogens (tertiary/aromatic N) is 2. The van der Waals surface area contributed by atoms with E-state index in [4.69, 9.17) is 9.47 Å². The van der Waals surface area contributed by atoms with Gasteiger partial charge in [-0.2, -0.15) is 5.10 Å². The Morgan fingerprint density at radius 3 is 2.58 bits per heavy atom. The molecule has 0 saturated carbocycles. The highest BCUT2D eigenvalue weighted by atomic mass is 19.1. The fraction of sp³-hybridized carbons (Fsp3) is 0.304. The van der Waals surface area contributed by atoms with Crippen LogP contribution in [0.5, 0.6) is 0 Å². The van der Waals surface area contributed by atoms with Crippen molar-refractivity contribution >= 4 is 24.0 Å². The number of aromatic nitrogens is 2. The highest BCUT2D eigenvalue weighted by Gasteiger charge is 2.30. The van der Waals surface area contributed by atoms with Gasteiger partial charge < -0.3 is 20.1 Å². The van der Waals surface area contributed by atoms with E-state index in [1.54, 1.807) is 43.7 Å². The lowest BCUT2D eigenvalue weighted by atomic mass is 10.0. The molecule has 9 nitrogen and oxygen atoms in total. The van der Waals surface area contributed by atoms with Crippen molar-refractivity contribution in [1.82, 2.24) is 20.4 Å². The lowest BCUT2D eigenvalue weighted by molar-refractivity contribution is -0.140. The summed E-state index contributed by atoms with van der Waals surface area (Å²) in [5.41, 5.74) is 3.20. The van der Waals surface area contributed by atoms with Crippen LogP contribution in [0.1, 0.15) is 30.8 Å². The van der Waals surface area contributed by atoms with Gasteiger partial charge in [0.15, 0.2) is 0 Å². The molecule has 1 atom stereocenters. The van der Waals surface area contributed by atoms with Crippen molar-refractivity contribution < 1.29 is 28.2 Å². The summed E-state index contributed by atoms with van der Waals surface area (Å²) < 4.78 is 25.1. The first-order chi connectivity index (χ1) is 15.7. The van der Waals surface area contributed by atoms with E-state index < -0.39 is 24.0 Å². The van der Waals surface area contributed by atoms with Crippen LogP contribution in [0.25, 0.3) is 11.8 Å². The maximum absolute atomic E-state index is 13.2. The summed E-state index contributed by atoms with van der Waals surface area (Å²) in [6.45, 7) is 6.80. The molecule has 0 aliphatic carbocycles. The summed E-state index contributed by atoms with van der Waals surface area (Å²) in [5.74, 6) is -1.61. The zero-order chi connectivity index (χ0) is 24.1. The number of nitrogens with one attached hydrogen (secondary N) is 2. The summed E-state index contributed by atoms with van der Waals surface area (Å²) in [5, 5.41) is 9.52. The summed E-state index contributed by atoms with van der Waals surface area (Å²) >= 11 is 0. The molecule has 1 aromatic heterocycles. The number of carbonyl (C=O) groups is 3. The van der Waals surface area contributed by atoms with E-state index in [1.807, 2.05) is 6.92 Å². The van der Waals surface area contributed by atoms with Crippen LogP contribution in [-0.4, -0.2) is 47.0 Å². The van der Waals surface area contributed by atoms with Crippen LogP contribution in [0, 0.1) is 19.7 Å². The molecular formula is C23H25FN4O5. The van der Waals surface area contributed by atoms with Gasteiger partial charge in [-0.3, -0.25) is 0 Å². The number of ether oxygens (including phenoxy) is 2. The van der Waals surface area contributed by atoms with Crippen molar-refractivity contribution in [2.75, 3.05) is 13.2 Å². The molecule has 2 N–H and O–H groups in total. The smallest absolute Gasteiger partial charge is 0.338 e. The molecule has 1 aliphatic rings. The van der Waals surface area contributed by atoms with Gasteiger partial charge in [-0.15, -0.1) is 0 Å². The minimum Gasteiger partial charge on any atom is -0.463 e. The van der Waals surface area contributed by atoms with E-state index in [1.165, 1.54) is 18.2 Å². The summed E-state index contributed by atoms with van der Waals surface area (Å²) in [4.78, 5) is 36.3. The largest absolute Gasteiger partial charge is 0.463 e. The van der Waals surface area contributed by atoms with Crippen molar-refractivity contribution in [2.24, 2.45) is 0 Å². The van der Waals surface area contributed by atoms with Gasteiger partial charge in [-0.25, -0.2) is 23.5 Å². The van der Waals surface area contributed by atoms with Crippen molar-refractivity contribution in [3.05, 3.63) is 64.4 Å². The van der Waals surface area contributed by atoms with Gasteiger partial charge >= 0.3 is 18.0 Å². The number of amides is 2. The van der Waals surface area contributed by atoms with Crippen molar-refractivity contribution in [3.8, 4) is 5.69 Å². The Labute approximate surface area is 190 Å². The second kappa shape index (κ2) is 10.1. The molecule has 1 aromatic carbocycles. The Bertz CT molecular complexity index is 1130. The van der Waals surface area contributed by atoms with Crippen LogP contribution < -0.4 is 10.6 Å². The van der Waals surface area contributed by atoms with E-state index in [-0.39, 0.29) is 30.3 Å². The Hall–Kier alpha value is -3.95. The predicted molar refractivity (Wildman–Crippen MR) is 118 cm³/mol. The number of aryl methyl sites for hydroxylation is 1. The number of hydrogen-bond donors (Lipinski definition) is 2. The normalized spacial score (nSPS) is 15.9. The second-order valence-corrected chi connectivity index (χ2v) is 7.35. The average Bonchev–Trinajstić information content (AvgIpc) is 3.04. The van der Waals surface area contributed by atoms with Crippen LogP contribution in [0.4, 0.5) is 9.18 Å². The van der Waals surface area contributed by atoms with E-state index in [0.29, 0.717) is 16.9 Å². The molecule has 2 amide bonds. The number of rotatable bonds is 7. The molecule has 174 valence electrons. The molecule has 1 aliphatic heterocycles. The van der Waals surface area contributed by atoms with E-state index in [9.17, 15) is 18.8 Å². The number of hydrogen-bond acceptors (Lipinski definition) is 6. The highest BCUT2D eigenvalue weighted by Crippen LogP contribution is 2.20. The first-order valence-electron chi connectivity index (χ1n) is 10.4. The average molecular weight is 456 g/mol. The topological polar surface area (TPSA) is 112 Å². The summed E-state index contributed by atoms with van der Waals surface area (Å²) in [7, 11) is 0. The Balaban J connectivity index is 1.73. The third kappa shape index (κ3) is 5.46. The van der Waals surface area contributed by atoms with Gasteiger partial charge in [0.25, 0.3) is 0 Å². The quantitative estimate of drug-likeness (QED) is 0.490. The van der Waals surface area contributed by atoms with Crippen molar-refractivity contribution in [2.45, 2.75) is 33.7 Å². The molecule has 0 radical (unpaired) electrons. The number of carbonyl (C=O) groups excluding carboxylic acids is 3. The fourth-order valence-corrected chi connectivity index (χ4v) is 3.47. The fourth-order valence-electron chi connectivity index (χ4n) is 3.47. The van der Waals surface area contributed by atoms with Crippen LogP contribution in [0.15, 0.2) is 41.6 Å². The molecule has 0 fully saturated rings. The van der Waals surface area contributed by atoms with Crippen LogP contribution >= 0.6 is 0 Å². The van der Waals surface area contributed by atoms with E-state index in [2.05, 4.69) is 15.7 Å². The standard InChI is InChI=1S/C23H25FN4O5/c1-5-32-22(30)21-14(3)25-23(31)26-19(21)12-33-20(29)11-10-18-13(2)27-28(15(18)4)17-8-6-16(24)7-9-17/h6-11,14H,5,12H2,1-4H3,(H2,25,26,31)/b11-10+/t14-/m1/s1. The molecular weight excluding hydrogens is 431 g/mol. The zero-order valence-corrected chi connectivity index (χ0v) is 18.8. The van der Waals surface area contributed by atoms with Crippen LogP contribution in [0.2, 0.25) is 0 Å². The highest BCUT2D eigenvalue weighted by molar-refractivity contribution is 5.95. The lowest BCUT2D eigenvalue weighted by Gasteiger charge is -2.26.